The third-order valence-corrected chi connectivity index (χ3v) is 5.14. The Morgan fingerprint density at radius 1 is 1.20 bits per heavy atom. The van der Waals surface area contributed by atoms with Crippen LogP contribution in [-0.2, 0) is 16.1 Å². The van der Waals surface area contributed by atoms with Crippen molar-refractivity contribution >= 4 is 17.2 Å². The van der Waals surface area contributed by atoms with Crippen molar-refractivity contribution in [2.45, 2.75) is 25.4 Å². The van der Waals surface area contributed by atoms with Crippen LogP contribution in [-0.4, -0.2) is 43.8 Å². The largest absolute Gasteiger partial charge is 0.493 e. The SMILES string of the molecule is COc1ccccc1OCC(=O)N(Cc1cccs1)C1CCOCC1. The molecule has 1 aromatic heterocycles. The lowest BCUT2D eigenvalue weighted by atomic mass is 10.1. The van der Waals surface area contributed by atoms with E-state index in [-0.39, 0.29) is 18.6 Å². The number of nitrogens with zero attached hydrogens (tertiary/aromatic N) is 1. The van der Waals surface area contributed by atoms with Gasteiger partial charge in [0.1, 0.15) is 0 Å². The molecule has 0 saturated carbocycles. The zero-order valence-electron chi connectivity index (χ0n) is 14.3. The Morgan fingerprint density at radius 2 is 1.96 bits per heavy atom. The molecule has 3 rings (SSSR count). The Kier molecular flexibility index (Phi) is 6.30. The maximum absolute atomic E-state index is 12.9. The molecular weight excluding hydrogens is 338 g/mol. The van der Waals surface area contributed by atoms with E-state index in [2.05, 4.69) is 6.07 Å². The molecule has 0 unspecified atom stereocenters. The molecule has 0 spiro atoms. The topological polar surface area (TPSA) is 48.0 Å². The number of methoxy groups -OCH3 is 1. The maximum Gasteiger partial charge on any atom is 0.261 e. The first-order valence-electron chi connectivity index (χ1n) is 8.43. The fourth-order valence-electron chi connectivity index (χ4n) is 2.95. The number of carbonyl (C=O) groups is 1. The van der Waals surface area contributed by atoms with Crippen LogP contribution in [0.15, 0.2) is 41.8 Å². The molecule has 0 bridgehead atoms. The van der Waals surface area contributed by atoms with Gasteiger partial charge in [-0.1, -0.05) is 18.2 Å². The van der Waals surface area contributed by atoms with Crippen molar-refractivity contribution in [1.82, 2.24) is 4.90 Å². The number of hydrogen-bond acceptors (Lipinski definition) is 5. The molecule has 25 heavy (non-hydrogen) atoms. The summed E-state index contributed by atoms with van der Waals surface area (Å²) in [5.74, 6) is 1.21. The molecule has 2 heterocycles. The lowest BCUT2D eigenvalue weighted by Gasteiger charge is -2.34. The van der Waals surface area contributed by atoms with Gasteiger partial charge in [-0.2, -0.15) is 0 Å². The molecule has 134 valence electrons. The second-order valence-electron chi connectivity index (χ2n) is 5.88. The van der Waals surface area contributed by atoms with Gasteiger partial charge in [0.05, 0.1) is 13.7 Å². The monoisotopic (exact) mass is 361 g/mol. The van der Waals surface area contributed by atoms with E-state index in [1.165, 1.54) is 4.88 Å². The minimum absolute atomic E-state index is 0.00308. The van der Waals surface area contributed by atoms with E-state index in [1.54, 1.807) is 18.4 Å². The van der Waals surface area contributed by atoms with Gasteiger partial charge < -0.3 is 19.1 Å². The summed E-state index contributed by atoms with van der Waals surface area (Å²) < 4.78 is 16.5. The average Bonchev–Trinajstić information content (AvgIpc) is 3.18. The molecule has 0 radical (unpaired) electrons. The van der Waals surface area contributed by atoms with Crippen molar-refractivity contribution < 1.29 is 19.0 Å². The van der Waals surface area contributed by atoms with Crippen LogP contribution in [0.4, 0.5) is 0 Å². The summed E-state index contributed by atoms with van der Waals surface area (Å²) in [4.78, 5) is 16.0. The van der Waals surface area contributed by atoms with Gasteiger partial charge in [0.25, 0.3) is 5.91 Å². The first-order valence-corrected chi connectivity index (χ1v) is 9.31. The molecule has 1 aliphatic rings. The van der Waals surface area contributed by atoms with E-state index in [4.69, 9.17) is 14.2 Å². The number of rotatable bonds is 7. The van der Waals surface area contributed by atoms with E-state index >= 15 is 0 Å². The molecular formula is C19H23NO4S. The molecule has 2 aromatic rings. The summed E-state index contributed by atoms with van der Waals surface area (Å²) in [6.07, 6.45) is 1.73. The molecule has 1 amide bonds. The molecule has 1 aromatic carbocycles. The molecule has 1 fully saturated rings. The van der Waals surface area contributed by atoms with Gasteiger partial charge in [0, 0.05) is 24.1 Å². The number of para-hydroxylation sites is 2. The van der Waals surface area contributed by atoms with Crippen LogP contribution >= 0.6 is 11.3 Å². The molecule has 0 N–H and O–H groups in total. The van der Waals surface area contributed by atoms with Gasteiger partial charge >= 0.3 is 0 Å². The van der Waals surface area contributed by atoms with Gasteiger partial charge in [0.2, 0.25) is 0 Å². The van der Waals surface area contributed by atoms with Crippen LogP contribution < -0.4 is 9.47 Å². The third-order valence-electron chi connectivity index (χ3n) is 4.28. The summed E-state index contributed by atoms with van der Waals surface area (Å²) in [5, 5.41) is 2.04. The lowest BCUT2D eigenvalue weighted by Crippen LogP contribution is -2.44. The molecule has 5 nitrogen and oxygen atoms in total. The average molecular weight is 361 g/mol. The summed E-state index contributed by atoms with van der Waals surface area (Å²) in [6, 6.07) is 11.6. The van der Waals surface area contributed by atoms with Crippen LogP contribution in [0.3, 0.4) is 0 Å². The molecule has 0 atom stereocenters. The summed E-state index contributed by atoms with van der Waals surface area (Å²) in [6.45, 7) is 2.03. The number of hydrogen-bond donors (Lipinski definition) is 0. The summed E-state index contributed by atoms with van der Waals surface area (Å²) in [5.41, 5.74) is 0. The minimum atomic E-state index is -0.00814. The third kappa shape index (κ3) is 4.74. The quantitative estimate of drug-likeness (QED) is 0.759. The van der Waals surface area contributed by atoms with E-state index in [1.807, 2.05) is 40.6 Å². The van der Waals surface area contributed by atoms with Crippen molar-refractivity contribution in [3.63, 3.8) is 0 Å². The normalized spacial score (nSPS) is 14.9. The van der Waals surface area contributed by atoms with E-state index in [9.17, 15) is 4.79 Å². The van der Waals surface area contributed by atoms with Gasteiger partial charge in [-0.05, 0) is 36.4 Å². The van der Waals surface area contributed by atoms with Crippen molar-refractivity contribution in [3.05, 3.63) is 46.7 Å². The predicted molar refractivity (Wildman–Crippen MR) is 97.2 cm³/mol. The van der Waals surface area contributed by atoms with Crippen LogP contribution in [0, 0.1) is 0 Å². The molecule has 6 heteroatoms. The Bertz CT molecular complexity index is 668. The number of ether oxygens (including phenoxy) is 3. The Morgan fingerprint density at radius 3 is 2.64 bits per heavy atom. The highest BCUT2D eigenvalue weighted by Crippen LogP contribution is 2.26. The maximum atomic E-state index is 12.9. The van der Waals surface area contributed by atoms with Crippen molar-refractivity contribution in [3.8, 4) is 11.5 Å². The van der Waals surface area contributed by atoms with E-state index in [0.29, 0.717) is 31.3 Å². The highest BCUT2D eigenvalue weighted by Gasteiger charge is 2.26. The van der Waals surface area contributed by atoms with Gasteiger partial charge in [-0.3, -0.25) is 4.79 Å². The van der Waals surface area contributed by atoms with Crippen LogP contribution in [0.2, 0.25) is 0 Å². The molecule has 1 aliphatic heterocycles. The van der Waals surface area contributed by atoms with Crippen LogP contribution in [0.5, 0.6) is 11.5 Å². The molecule has 1 saturated heterocycles. The fourth-order valence-corrected chi connectivity index (χ4v) is 3.65. The van der Waals surface area contributed by atoms with Crippen LogP contribution in [0.25, 0.3) is 0 Å². The predicted octanol–water partition coefficient (Wildman–Crippen LogP) is 3.34. The zero-order valence-corrected chi connectivity index (χ0v) is 15.2. The van der Waals surface area contributed by atoms with E-state index in [0.717, 1.165) is 12.8 Å². The van der Waals surface area contributed by atoms with Gasteiger partial charge in [0.15, 0.2) is 18.1 Å². The highest BCUT2D eigenvalue weighted by atomic mass is 32.1. The lowest BCUT2D eigenvalue weighted by molar-refractivity contribution is -0.138. The number of benzene rings is 1. The van der Waals surface area contributed by atoms with Gasteiger partial charge in [-0.15, -0.1) is 11.3 Å². The number of carbonyl (C=O) groups excluding carboxylic acids is 1. The van der Waals surface area contributed by atoms with E-state index < -0.39 is 0 Å². The smallest absolute Gasteiger partial charge is 0.261 e. The molecule has 0 aliphatic carbocycles. The first-order chi connectivity index (χ1) is 12.3. The van der Waals surface area contributed by atoms with Crippen LogP contribution in [0.1, 0.15) is 17.7 Å². The number of amides is 1. The second kappa shape index (κ2) is 8.87. The van der Waals surface area contributed by atoms with Crippen molar-refractivity contribution in [2.24, 2.45) is 0 Å². The second-order valence-corrected chi connectivity index (χ2v) is 6.92. The summed E-state index contributed by atoms with van der Waals surface area (Å²) >= 11 is 1.67. The fraction of sp³-hybridized carbons (Fsp3) is 0.421. The Labute approximate surface area is 152 Å². The number of thiophene rings is 1. The Hall–Kier alpha value is -2.05. The van der Waals surface area contributed by atoms with Gasteiger partial charge in [-0.25, -0.2) is 0 Å². The highest BCUT2D eigenvalue weighted by molar-refractivity contribution is 7.09. The standard InChI is InChI=1S/C19H23NO4S/c1-22-17-6-2-3-7-18(17)24-14-19(21)20(13-16-5-4-12-25-16)15-8-10-23-11-9-15/h2-7,12,15H,8-11,13-14H2,1H3. The zero-order chi connectivity index (χ0) is 17.5. The van der Waals surface area contributed by atoms with Crippen molar-refractivity contribution in [1.29, 1.82) is 0 Å². The first kappa shape index (κ1) is 17.8. The summed E-state index contributed by atoms with van der Waals surface area (Å²) in [7, 11) is 1.59. The minimum Gasteiger partial charge on any atom is -0.493 e. The Balaban J connectivity index is 1.67. The van der Waals surface area contributed by atoms with Crippen molar-refractivity contribution in [2.75, 3.05) is 26.9 Å².